The maximum absolute atomic E-state index is 5.92. The molecular weight excluding hydrogens is 358 g/mol. The first-order valence-corrected chi connectivity index (χ1v) is 10.5. The molecule has 0 aliphatic heterocycles. The molecule has 3 aromatic carbocycles. The summed E-state index contributed by atoms with van der Waals surface area (Å²) in [6.07, 6.45) is 3.54. The molecule has 0 bridgehead atoms. The lowest BCUT2D eigenvalue weighted by Crippen LogP contribution is -2.22. The van der Waals surface area contributed by atoms with Crippen molar-refractivity contribution in [3.8, 4) is 11.5 Å². The summed E-state index contributed by atoms with van der Waals surface area (Å²) in [5.41, 5.74) is 5.47. The number of ether oxygens (including phenoxy) is 2. The van der Waals surface area contributed by atoms with Crippen LogP contribution in [0.2, 0.25) is 0 Å². The molecule has 0 amide bonds. The molecule has 2 aliphatic carbocycles. The first-order valence-electron chi connectivity index (χ1n) is 10.5. The Kier molecular flexibility index (Phi) is 4.99. The molecule has 3 nitrogen and oxygen atoms in total. The number of methoxy groups -OCH3 is 1. The van der Waals surface area contributed by atoms with Gasteiger partial charge in [-0.1, -0.05) is 48.5 Å². The molecule has 1 fully saturated rings. The number of hydrogen-bond acceptors (Lipinski definition) is 3. The van der Waals surface area contributed by atoms with Crippen molar-refractivity contribution < 1.29 is 9.47 Å². The topological polar surface area (TPSA) is 30.5 Å². The lowest BCUT2D eigenvalue weighted by atomic mass is 10.1. The Morgan fingerprint density at radius 3 is 2.52 bits per heavy atom. The predicted octanol–water partition coefficient (Wildman–Crippen LogP) is 5.41. The van der Waals surface area contributed by atoms with Gasteiger partial charge in [0.25, 0.3) is 0 Å². The Bertz CT molecular complexity index is 968. The van der Waals surface area contributed by atoms with Gasteiger partial charge in [-0.15, -0.1) is 0 Å². The SMILES string of the molecule is COc1ccc2c(c1)C(N[C@@H]1C[C@H]1c1ccc(OCc3ccccc3)cc1)CC2. The van der Waals surface area contributed by atoms with Gasteiger partial charge in [0.15, 0.2) is 0 Å². The van der Waals surface area contributed by atoms with E-state index in [0.717, 1.165) is 17.9 Å². The van der Waals surface area contributed by atoms with E-state index in [1.165, 1.54) is 35.1 Å². The van der Waals surface area contributed by atoms with E-state index in [0.29, 0.717) is 24.6 Å². The molecular formula is C26H27NO2. The number of benzene rings is 3. The average Bonchev–Trinajstić information content (AvgIpc) is 3.44. The first kappa shape index (κ1) is 18.3. The van der Waals surface area contributed by atoms with Gasteiger partial charge in [-0.05, 0) is 65.8 Å². The molecule has 0 radical (unpaired) electrons. The van der Waals surface area contributed by atoms with Crippen LogP contribution in [0.1, 0.15) is 47.1 Å². The molecule has 0 aromatic heterocycles. The lowest BCUT2D eigenvalue weighted by molar-refractivity contribution is 0.306. The zero-order valence-electron chi connectivity index (χ0n) is 16.8. The molecule has 0 saturated heterocycles. The summed E-state index contributed by atoms with van der Waals surface area (Å²) in [6.45, 7) is 0.609. The van der Waals surface area contributed by atoms with Crippen LogP contribution in [0.15, 0.2) is 72.8 Å². The van der Waals surface area contributed by atoms with Gasteiger partial charge in [0, 0.05) is 18.0 Å². The second-order valence-corrected chi connectivity index (χ2v) is 8.11. The highest BCUT2D eigenvalue weighted by Gasteiger charge is 2.40. The summed E-state index contributed by atoms with van der Waals surface area (Å²) in [5, 5.41) is 3.88. The van der Waals surface area contributed by atoms with E-state index < -0.39 is 0 Å². The maximum Gasteiger partial charge on any atom is 0.119 e. The van der Waals surface area contributed by atoms with E-state index >= 15 is 0 Å². The Labute approximate surface area is 172 Å². The molecule has 1 saturated carbocycles. The zero-order valence-corrected chi connectivity index (χ0v) is 16.8. The summed E-state index contributed by atoms with van der Waals surface area (Å²) < 4.78 is 11.3. The fourth-order valence-corrected chi connectivity index (χ4v) is 4.44. The van der Waals surface area contributed by atoms with Gasteiger partial charge in [-0.25, -0.2) is 0 Å². The Hall–Kier alpha value is -2.78. The van der Waals surface area contributed by atoms with E-state index in [4.69, 9.17) is 9.47 Å². The highest BCUT2D eigenvalue weighted by molar-refractivity contribution is 5.41. The standard InChI is InChI=1S/C26H27NO2/c1-28-22-13-9-20-10-14-25(23(20)15-22)27-26-16-24(26)19-7-11-21(12-8-19)29-17-18-5-3-2-4-6-18/h2-9,11-13,15,24-27H,10,14,16-17H2,1H3/t24-,25?,26+/m0/s1. The number of fused-ring (bicyclic) bond motifs is 1. The molecule has 2 aliphatic rings. The lowest BCUT2D eigenvalue weighted by Gasteiger charge is -2.15. The van der Waals surface area contributed by atoms with Gasteiger partial charge in [-0.3, -0.25) is 0 Å². The van der Waals surface area contributed by atoms with Crippen molar-refractivity contribution in [2.24, 2.45) is 0 Å². The van der Waals surface area contributed by atoms with Gasteiger partial charge >= 0.3 is 0 Å². The molecule has 29 heavy (non-hydrogen) atoms. The highest BCUT2D eigenvalue weighted by atomic mass is 16.5. The summed E-state index contributed by atoms with van der Waals surface area (Å²) in [7, 11) is 1.74. The average molecular weight is 386 g/mol. The Morgan fingerprint density at radius 2 is 1.72 bits per heavy atom. The van der Waals surface area contributed by atoms with Crippen molar-refractivity contribution in [2.45, 2.75) is 43.9 Å². The fraction of sp³-hybridized carbons (Fsp3) is 0.308. The smallest absolute Gasteiger partial charge is 0.119 e. The third-order valence-corrected chi connectivity index (χ3v) is 6.19. The second-order valence-electron chi connectivity index (χ2n) is 8.11. The van der Waals surface area contributed by atoms with Crippen molar-refractivity contribution in [3.05, 3.63) is 95.1 Å². The van der Waals surface area contributed by atoms with Crippen LogP contribution in [-0.4, -0.2) is 13.2 Å². The van der Waals surface area contributed by atoms with Gasteiger partial charge in [0.05, 0.1) is 7.11 Å². The van der Waals surface area contributed by atoms with Crippen LogP contribution in [0.5, 0.6) is 11.5 Å². The fourth-order valence-electron chi connectivity index (χ4n) is 4.44. The molecule has 5 rings (SSSR count). The largest absolute Gasteiger partial charge is 0.497 e. The van der Waals surface area contributed by atoms with Crippen LogP contribution in [0.4, 0.5) is 0 Å². The van der Waals surface area contributed by atoms with Crippen molar-refractivity contribution in [2.75, 3.05) is 7.11 Å². The highest BCUT2D eigenvalue weighted by Crippen LogP contribution is 2.44. The van der Waals surface area contributed by atoms with E-state index in [1.807, 2.05) is 18.2 Å². The van der Waals surface area contributed by atoms with Crippen LogP contribution >= 0.6 is 0 Å². The zero-order chi connectivity index (χ0) is 19.6. The van der Waals surface area contributed by atoms with E-state index in [2.05, 4.69) is 59.9 Å². The third-order valence-electron chi connectivity index (χ3n) is 6.19. The van der Waals surface area contributed by atoms with Gasteiger partial charge in [0.2, 0.25) is 0 Å². The normalized spacial score (nSPS) is 22.2. The van der Waals surface area contributed by atoms with E-state index in [-0.39, 0.29) is 0 Å². The number of hydrogen-bond donors (Lipinski definition) is 1. The summed E-state index contributed by atoms with van der Waals surface area (Å²) >= 11 is 0. The van der Waals surface area contributed by atoms with Crippen molar-refractivity contribution >= 4 is 0 Å². The first-order chi connectivity index (χ1) is 14.3. The minimum absolute atomic E-state index is 0.448. The summed E-state index contributed by atoms with van der Waals surface area (Å²) in [6, 6.07) is 26.4. The summed E-state index contributed by atoms with van der Waals surface area (Å²) in [5.74, 6) is 2.49. The third kappa shape index (κ3) is 4.01. The Morgan fingerprint density at radius 1 is 0.931 bits per heavy atom. The number of rotatable bonds is 7. The van der Waals surface area contributed by atoms with Crippen LogP contribution in [0, 0.1) is 0 Å². The number of aryl methyl sites for hydroxylation is 1. The molecule has 3 aromatic rings. The number of nitrogens with one attached hydrogen (secondary N) is 1. The molecule has 3 atom stereocenters. The van der Waals surface area contributed by atoms with Gasteiger partial charge in [-0.2, -0.15) is 0 Å². The van der Waals surface area contributed by atoms with Crippen molar-refractivity contribution in [1.82, 2.24) is 5.32 Å². The quantitative estimate of drug-likeness (QED) is 0.590. The van der Waals surface area contributed by atoms with Gasteiger partial charge < -0.3 is 14.8 Å². The van der Waals surface area contributed by atoms with Crippen LogP contribution in [0.3, 0.4) is 0 Å². The molecule has 148 valence electrons. The monoisotopic (exact) mass is 385 g/mol. The van der Waals surface area contributed by atoms with Crippen molar-refractivity contribution in [3.63, 3.8) is 0 Å². The maximum atomic E-state index is 5.92. The van der Waals surface area contributed by atoms with E-state index in [1.54, 1.807) is 7.11 Å². The van der Waals surface area contributed by atoms with Crippen LogP contribution in [0.25, 0.3) is 0 Å². The Balaban J connectivity index is 1.17. The molecule has 0 spiro atoms. The molecule has 0 heterocycles. The van der Waals surface area contributed by atoms with Crippen molar-refractivity contribution in [1.29, 1.82) is 0 Å². The second kappa shape index (κ2) is 7.92. The van der Waals surface area contributed by atoms with Crippen LogP contribution < -0.4 is 14.8 Å². The molecule has 3 heteroatoms. The van der Waals surface area contributed by atoms with Crippen LogP contribution in [-0.2, 0) is 13.0 Å². The summed E-state index contributed by atoms with van der Waals surface area (Å²) in [4.78, 5) is 0. The molecule has 1 unspecified atom stereocenters. The van der Waals surface area contributed by atoms with E-state index in [9.17, 15) is 0 Å². The van der Waals surface area contributed by atoms with Gasteiger partial charge in [0.1, 0.15) is 18.1 Å². The predicted molar refractivity (Wildman–Crippen MR) is 116 cm³/mol. The minimum Gasteiger partial charge on any atom is -0.497 e. The molecule has 1 N–H and O–H groups in total. The minimum atomic E-state index is 0.448.